The van der Waals surface area contributed by atoms with E-state index in [9.17, 15) is 0 Å². The van der Waals surface area contributed by atoms with Gasteiger partial charge in [0.2, 0.25) is 0 Å². The summed E-state index contributed by atoms with van der Waals surface area (Å²) in [4.78, 5) is 0. The van der Waals surface area contributed by atoms with Crippen molar-refractivity contribution < 1.29 is 0 Å². The highest BCUT2D eigenvalue weighted by molar-refractivity contribution is 5.85. The van der Waals surface area contributed by atoms with E-state index in [2.05, 4.69) is 0 Å². The Labute approximate surface area is 73.0 Å². The Morgan fingerprint density at radius 3 is 2.18 bits per heavy atom. The largest absolute Gasteiger partial charge is 0.398 e. The Hall–Kier alpha value is -0.730. The molecule has 0 amide bonds. The van der Waals surface area contributed by atoms with Crippen molar-refractivity contribution in [2.24, 2.45) is 5.73 Å². The van der Waals surface area contributed by atoms with Crippen LogP contribution in [0, 0.1) is 0 Å². The summed E-state index contributed by atoms with van der Waals surface area (Å²) in [5.74, 6) is 0. The summed E-state index contributed by atoms with van der Waals surface area (Å²) < 4.78 is 0. The van der Waals surface area contributed by atoms with Crippen LogP contribution < -0.4 is 11.5 Å². The van der Waals surface area contributed by atoms with Crippen LogP contribution in [0.3, 0.4) is 0 Å². The van der Waals surface area contributed by atoms with Gasteiger partial charge < -0.3 is 11.5 Å². The fraction of sp³-hybridized carbons (Fsp3) is 0.250. The molecule has 11 heavy (non-hydrogen) atoms. The van der Waals surface area contributed by atoms with E-state index in [1.54, 1.807) is 0 Å². The van der Waals surface area contributed by atoms with Gasteiger partial charge in [0, 0.05) is 11.7 Å². The summed E-state index contributed by atoms with van der Waals surface area (Å²) in [5.41, 5.74) is 13.1. The zero-order valence-corrected chi connectivity index (χ0v) is 7.27. The molecule has 1 aromatic carbocycles. The van der Waals surface area contributed by atoms with E-state index < -0.39 is 0 Å². The van der Waals surface area contributed by atoms with Gasteiger partial charge in [0.05, 0.1) is 0 Å². The zero-order chi connectivity index (χ0) is 7.56. The molecule has 0 fully saturated rings. The smallest absolute Gasteiger partial charge is 0.0362 e. The van der Waals surface area contributed by atoms with Gasteiger partial charge in [-0.15, -0.1) is 12.4 Å². The highest BCUT2D eigenvalue weighted by Gasteiger charge is 2.00. The molecule has 0 bridgehead atoms. The van der Waals surface area contributed by atoms with Crippen LogP contribution in [0.25, 0.3) is 0 Å². The molecular weight excluding hydrogens is 160 g/mol. The number of hydrogen-bond donors (Lipinski definition) is 2. The summed E-state index contributed by atoms with van der Waals surface area (Å²) in [5, 5.41) is 0. The second kappa shape index (κ2) is 4.21. The molecule has 0 heterocycles. The molecule has 3 heteroatoms. The van der Waals surface area contributed by atoms with Gasteiger partial charge in [-0.25, -0.2) is 0 Å². The molecule has 2 nitrogen and oxygen atoms in total. The van der Waals surface area contributed by atoms with Gasteiger partial charge in [-0.3, -0.25) is 0 Å². The summed E-state index contributed by atoms with van der Waals surface area (Å²) in [6.45, 7) is 1.92. The minimum Gasteiger partial charge on any atom is -0.398 e. The van der Waals surface area contributed by atoms with Crippen molar-refractivity contribution in [3.05, 3.63) is 29.8 Å². The van der Waals surface area contributed by atoms with Crippen molar-refractivity contribution in [3.8, 4) is 0 Å². The SMILES string of the molecule is CC(N)c1ccccc1N.Cl. The molecule has 0 saturated carbocycles. The van der Waals surface area contributed by atoms with Crippen molar-refractivity contribution in [2.75, 3.05) is 5.73 Å². The first-order valence-electron chi connectivity index (χ1n) is 3.32. The lowest BCUT2D eigenvalue weighted by Crippen LogP contribution is -2.07. The third-order valence-corrected chi connectivity index (χ3v) is 1.49. The number of hydrogen-bond acceptors (Lipinski definition) is 2. The lowest BCUT2D eigenvalue weighted by Gasteiger charge is -2.07. The number of anilines is 1. The predicted molar refractivity (Wildman–Crippen MR) is 50.7 cm³/mol. The van der Waals surface area contributed by atoms with Crippen LogP contribution in [-0.4, -0.2) is 0 Å². The molecule has 62 valence electrons. The summed E-state index contributed by atoms with van der Waals surface area (Å²) in [7, 11) is 0. The highest BCUT2D eigenvalue weighted by Crippen LogP contribution is 2.16. The van der Waals surface area contributed by atoms with Crippen LogP contribution in [-0.2, 0) is 0 Å². The molecule has 0 spiro atoms. The molecule has 0 aromatic heterocycles. The molecule has 0 aliphatic heterocycles. The molecule has 0 aliphatic carbocycles. The second-order valence-corrected chi connectivity index (χ2v) is 2.42. The Morgan fingerprint density at radius 1 is 1.27 bits per heavy atom. The number of nitrogens with two attached hydrogens (primary N) is 2. The first-order chi connectivity index (χ1) is 4.72. The average molecular weight is 173 g/mol. The Bertz CT molecular complexity index is 223. The normalized spacial score (nSPS) is 11.8. The molecule has 1 unspecified atom stereocenters. The van der Waals surface area contributed by atoms with E-state index in [0.29, 0.717) is 0 Å². The first kappa shape index (κ1) is 10.3. The predicted octanol–water partition coefficient (Wildman–Crippen LogP) is 1.71. The van der Waals surface area contributed by atoms with Crippen LogP contribution in [0.4, 0.5) is 5.69 Å². The Morgan fingerprint density at radius 2 is 1.82 bits per heavy atom. The first-order valence-corrected chi connectivity index (χ1v) is 3.32. The zero-order valence-electron chi connectivity index (χ0n) is 6.45. The van der Waals surface area contributed by atoms with Crippen LogP contribution >= 0.6 is 12.4 Å². The number of halogens is 1. The van der Waals surface area contributed by atoms with Crippen LogP contribution in [0.2, 0.25) is 0 Å². The van der Waals surface area contributed by atoms with Crippen molar-refractivity contribution in [1.82, 2.24) is 0 Å². The van der Waals surface area contributed by atoms with Gasteiger partial charge in [-0.1, -0.05) is 18.2 Å². The maximum Gasteiger partial charge on any atom is 0.0362 e. The topological polar surface area (TPSA) is 52.0 Å². The van der Waals surface area contributed by atoms with Crippen LogP contribution in [0.15, 0.2) is 24.3 Å². The third kappa shape index (κ3) is 2.41. The quantitative estimate of drug-likeness (QED) is 0.634. The second-order valence-electron chi connectivity index (χ2n) is 2.42. The Kier molecular flexibility index (Phi) is 3.93. The third-order valence-electron chi connectivity index (χ3n) is 1.49. The average Bonchev–Trinajstić information content (AvgIpc) is 1.88. The lowest BCUT2D eigenvalue weighted by molar-refractivity contribution is 0.821. The maximum absolute atomic E-state index is 5.64. The van der Waals surface area contributed by atoms with Gasteiger partial charge >= 0.3 is 0 Å². The Balaban J connectivity index is 0.000001000. The van der Waals surface area contributed by atoms with E-state index >= 15 is 0 Å². The summed E-state index contributed by atoms with van der Waals surface area (Å²) in [6, 6.07) is 7.68. The van der Waals surface area contributed by atoms with Gasteiger partial charge in [0.15, 0.2) is 0 Å². The van der Waals surface area contributed by atoms with Gasteiger partial charge in [0.1, 0.15) is 0 Å². The van der Waals surface area contributed by atoms with E-state index in [1.165, 1.54) is 0 Å². The molecule has 1 atom stereocenters. The molecule has 0 radical (unpaired) electrons. The number of nitrogen functional groups attached to an aromatic ring is 1. The number of rotatable bonds is 1. The number of benzene rings is 1. The minimum atomic E-state index is 0. The van der Waals surface area contributed by atoms with Crippen molar-refractivity contribution >= 4 is 18.1 Å². The van der Waals surface area contributed by atoms with Crippen molar-refractivity contribution in [3.63, 3.8) is 0 Å². The molecule has 0 aliphatic rings. The fourth-order valence-electron chi connectivity index (χ4n) is 0.926. The number of para-hydroxylation sites is 1. The molecule has 4 N–H and O–H groups in total. The summed E-state index contributed by atoms with van der Waals surface area (Å²) >= 11 is 0. The maximum atomic E-state index is 5.64. The summed E-state index contributed by atoms with van der Waals surface area (Å²) in [6.07, 6.45) is 0. The molecule has 1 rings (SSSR count). The van der Waals surface area contributed by atoms with Gasteiger partial charge in [-0.2, -0.15) is 0 Å². The van der Waals surface area contributed by atoms with Crippen LogP contribution in [0.1, 0.15) is 18.5 Å². The monoisotopic (exact) mass is 172 g/mol. The van der Waals surface area contributed by atoms with E-state index in [4.69, 9.17) is 11.5 Å². The molecular formula is C8H13ClN2. The highest BCUT2D eigenvalue weighted by atomic mass is 35.5. The van der Waals surface area contributed by atoms with E-state index in [-0.39, 0.29) is 18.4 Å². The van der Waals surface area contributed by atoms with E-state index in [0.717, 1.165) is 11.3 Å². The molecule has 1 aromatic rings. The van der Waals surface area contributed by atoms with Gasteiger partial charge in [-0.05, 0) is 18.6 Å². The minimum absolute atomic E-state index is 0. The van der Waals surface area contributed by atoms with Crippen molar-refractivity contribution in [1.29, 1.82) is 0 Å². The van der Waals surface area contributed by atoms with E-state index in [1.807, 2.05) is 31.2 Å². The molecule has 0 saturated heterocycles. The van der Waals surface area contributed by atoms with Gasteiger partial charge in [0.25, 0.3) is 0 Å². The lowest BCUT2D eigenvalue weighted by atomic mass is 10.1. The van der Waals surface area contributed by atoms with Crippen LogP contribution in [0.5, 0.6) is 0 Å². The van der Waals surface area contributed by atoms with Crippen molar-refractivity contribution in [2.45, 2.75) is 13.0 Å². The fourth-order valence-corrected chi connectivity index (χ4v) is 0.926. The standard InChI is InChI=1S/C8H12N2.ClH/c1-6(9)7-4-2-3-5-8(7)10;/h2-6H,9-10H2,1H3;1H.